The molecule has 0 spiro atoms. The number of hydrogen-bond donors (Lipinski definition) is 1. The number of aromatic nitrogens is 4. The highest BCUT2D eigenvalue weighted by Crippen LogP contribution is 2.40. The molecule has 3 aromatic heterocycles. The summed E-state index contributed by atoms with van der Waals surface area (Å²) >= 11 is 0. The normalized spacial score (nSPS) is 19.1. The van der Waals surface area contributed by atoms with Crippen molar-refractivity contribution in [2.24, 2.45) is 11.8 Å². The van der Waals surface area contributed by atoms with Crippen molar-refractivity contribution >= 4 is 41.0 Å². The molecule has 0 aliphatic carbocycles. The Morgan fingerprint density at radius 3 is 2.45 bits per heavy atom. The van der Waals surface area contributed by atoms with Crippen LogP contribution in [0.5, 0.6) is 0 Å². The molecule has 1 saturated heterocycles. The minimum Gasteiger partial charge on any atom is -0.461 e. The highest BCUT2D eigenvalue weighted by Gasteiger charge is 2.52. The van der Waals surface area contributed by atoms with Gasteiger partial charge in [-0.2, -0.15) is 14.4 Å². The molecule has 1 N–H and O–H groups in total. The topological polar surface area (TPSA) is 213 Å². The summed E-state index contributed by atoms with van der Waals surface area (Å²) in [4.78, 5) is 72.9. The van der Waals surface area contributed by atoms with Crippen LogP contribution in [0.1, 0.15) is 72.1 Å². The Bertz CT molecular complexity index is 1840. The molecule has 1 fully saturated rings. The Kier molecular flexibility index (Phi) is 10.8. The Labute approximate surface area is 278 Å². The third-order valence-electron chi connectivity index (χ3n) is 7.22. The summed E-state index contributed by atoms with van der Waals surface area (Å²) in [5.41, 5.74) is -3.33. The zero-order chi connectivity index (χ0) is 36.3. The predicted molar refractivity (Wildman–Crippen MR) is 163 cm³/mol. The molecule has 0 aromatic carbocycles. The molecule has 0 saturated carbocycles. The summed E-state index contributed by atoms with van der Waals surface area (Å²) < 4.78 is 53.2. The van der Waals surface area contributed by atoms with Gasteiger partial charge in [-0.3, -0.25) is 24.3 Å². The third kappa shape index (κ3) is 8.59. The van der Waals surface area contributed by atoms with Gasteiger partial charge in [0.15, 0.2) is 35.1 Å². The third-order valence-corrected chi connectivity index (χ3v) is 7.22. The molecule has 4 heterocycles. The van der Waals surface area contributed by atoms with E-state index in [-0.39, 0.29) is 41.5 Å². The molecule has 3 aromatic rings. The SMILES string of the molecule is C#C[C@]1(COC(=O)C(C)C)O[C@@H](n2cnc3c(NC(=O)OC(C)(C)CC(=O)OCc4oc(=O)oc4C)nc(F)nc32)C[C@@H]1OC(=O)C(C)C. The van der Waals surface area contributed by atoms with Crippen LogP contribution in [0.15, 0.2) is 20.0 Å². The van der Waals surface area contributed by atoms with Gasteiger partial charge in [0, 0.05) is 6.42 Å². The van der Waals surface area contributed by atoms with Gasteiger partial charge in [-0.15, -0.1) is 6.42 Å². The number of nitrogens with one attached hydrogen (secondary N) is 1. The number of aryl methyl sites for hydroxylation is 1. The fourth-order valence-corrected chi connectivity index (χ4v) is 4.62. The summed E-state index contributed by atoms with van der Waals surface area (Å²) in [6.45, 7) is 10.0. The minimum absolute atomic E-state index is 0.0266. The average Bonchev–Trinajstić information content (AvgIpc) is 3.68. The Morgan fingerprint density at radius 1 is 1.14 bits per heavy atom. The number of nitrogens with zero attached hydrogens (tertiary/aromatic N) is 4. The van der Waals surface area contributed by atoms with Crippen molar-refractivity contribution < 1.29 is 56.1 Å². The van der Waals surface area contributed by atoms with Crippen molar-refractivity contribution in [2.75, 3.05) is 11.9 Å². The lowest BCUT2D eigenvalue weighted by molar-refractivity contribution is -0.170. The van der Waals surface area contributed by atoms with Crippen LogP contribution in [0.4, 0.5) is 15.0 Å². The lowest BCUT2D eigenvalue weighted by atomic mass is 9.98. The predicted octanol–water partition coefficient (Wildman–Crippen LogP) is 3.34. The molecular formula is C31H36FN5O12. The molecule has 4 rings (SSSR count). The molecule has 264 valence electrons. The standard InChI is InChI=1S/C31H36FN5O12/c1-9-31(13-44-25(39)15(2)3)19(47-26(40)16(4)5)10-20(48-31)37-14-33-22-23(34-27(32)36-24(22)37)35-28(41)49-30(7,8)11-21(38)43-12-18-17(6)45-29(42)46-18/h1,14-16,19-20H,10-13H2,2-8H3,(H,34,35,36,41)/t19-,20+,31+/m0/s1. The monoisotopic (exact) mass is 689 g/mol. The van der Waals surface area contributed by atoms with Crippen molar-refractivity contribution in [1.29, 1.82) is 0 Å². The number of terminal acetylenes is 1. The number of rotatable bonds is 12. The Balaban J connectivity index is 1.50. The van der Waals surface area contributed by atoms with Crippen molar-refractivity contribution in [3.05, 3.63) is 34.5 Å². The van der Waals surface area contributed by atoms with Crippen LogP contribution in [0.3, 0.4) is 0 Å². The fourth-order valence-electron chi connectivity index (χ4n) is 4.62. The smallest absolute Gasteiger partial charge is 0.461 e. The van der Waals surface area contributed by atoms with Gasteiger partial charge in [-0.25, -0.2) is 14.6 Å². The maximum atomic E-state index is 14.7. The van der Waals surface area contributed by atoms with Crippen molar-refractivity contribution in [2.45, 2.75) is 91.4 Å². The number of fused-ring (bicyclic) bond motifs is 1. The number of imidazole rings is 1. The summed E-state index contributed by atoms with van der Waals surface area (Å²) in [5.74, 6) is -1.57. The van der Waals surface area contributed by atoms with Crippen LogP contribution < -0.4 is 11.1 Å². The van der Waals surface area contributed by atoms with E-state index >= 15 is 0 Å². The van der Waals surface area contributed by atoms with E-state index in [1.165, 1.54) is 31.7 Å². The molecule has 0 unspecified atom stereocenters. The number of amides is 1. The summed E-state index contributed by atoms with van der Waals surface area (Å²) in [6.07, 6.45) is 2.15. The van der Waals surface area contributed by atoms with Crippen LogP contribution in [0.25, 0.3) is 11.2 Å². The highest BCUT2D eigenvalue weighted by atomic mass is 19.1. The molecule has 1 amide bonds. The summed E-state index contributed by atoms with van der Waals surface area (Å²) in [6, 6.07) is 0. The molecule has 3 atom stereocenters. The van der Waals surface area contributed by atoms with Gasteiger partial charge >= 0.3 is 35.9 Å². The van der Waals surface area contributed by atoms with Crippen LogP contribution in [-0.2, 0) is 44.7 Å². The lowest BCUT2D eigenvalue weighted by Crippen LogP contribution is -2.46. The number of anilines is 1. The van der Waals surface area contributed by atoms with Crippen LogP contribution in [-0.4, -0.2) is 67.4 Å². The van der Waals surface area contributed by atoms with E-state index in [1.807, 2.05) is 0 Å². The number of halogens is 1. The molecular weight excluding hydrogens is 653 g/mol. The van der Waals surface area contributed by atoms with Crippen LogP contribution in [0, 0.1) is 37.2 Å². The molecule has 1 aliphatic rings. The number of carbonyl (C=O) groups is 4. The summed E-state index contributed by atoms with van der Waals surface area (Å²) in [7, 11) is 0. The van der Waals surface area contributed by atoms with Gasteiger partial charge in [0.25, 0.3) is 0 Å². The van der Waals surface area contributed by atoms with Crippen molar-refractivity contribution in [3.8, 4) is 12.3 Å². The summed E-state index contributed by atoms with van der Waals surface area (Å²) in [5, 5.41) is 2.30. The first-order valence-electron chi connectivity index (χ1n) is 15.1. The number of hydrogen-bond acceptors (Lipinski definition) is 15. The highest BCUT2D eigenvalue weighted by molar-refractivity contribution is 5.93. The number of carbonyl (C=O) groups excluding carboxylic acids is 4. The lowest BCUT2D eigenvalue weighted by Gasteiger charge is -2.29. The molecule has 18 heteroatoms. The largest absolute Gasteiger partial charge is 0.519 e. The second kappa shape index (κ2) is 14.4. The van der Waals surface area contributed by atoms with E-state index in [9.17, 15) is 28.4 Å². The van der Waals surface area contributed by atoms with Crippen molar-refractivity contribution in [1.82, 2.24) is 19.5 Å². The molecule has 17 nitrogen and oxygen atoms in total. The average molecular weight is 690 g/mol. The molecule has 0 bridgehead atoms. The number of ether oxygens (including phenoxy) is 5. The second-order valence-electron chi connectivity index (χ2n) is 12.4. The van der Waals surface area contributed by atoms with Gasteiger partial charge in [0.05, 0.1) is 24.6 Å². The van der Waals surface area contributed by atoms with E-state index < -0.39 is 84.3 Å². The zero-order valence-electron chi connectivity index (χ0n) is 27.9. The Hall–Kier alpha value is -5.31. The van der Waals surface area contributed by atoms with E-state index in [1.54, 1.807) is 27.7 Å². The van der Waals surface area contributed by atoms with E-state index in [2.05, 4.69) is 26.2 Å². The minimum atomic E-state index is -1.70. The van der Waals surface area contributed by atoms with Gasteiger partial charge in [-0.05, 0) is 20.8 Å². The molecule has 1 aliphatic heterocycles. The van der Waals surface area contributed by atoms with Gasteiger partial charge < -0.3 is 32.5 Å². The van der Waals surface area contributed by atoms with Gasteiger partial charge in [0.2, 0.25) is 5.60 Å². The van der Waals surface area contributed by atoms with Crippen molar-refractivity contribution in [3.63, 3.8) is 0 Å². The molecule has 0 radical (unpaired) electrons. The van der Waals surface area contributed by atoms with E-state index in [0.29, 0.717) is 0 Å². The zero-order valence-corrected chi connectivity index (χ0v) is 27.9. The second-order valence-corrected chi connectivity index (χ2v) is 12.4. The first-order chi connectivity index (χ1) is 22.9. The fraction of sp³-hybridized carbons (Fsp3) is 0.548. The van der Waals surface area contributed by atoms with Gasteiger partial charge in [0.1, 0.15) is 24.5 Å². The van der Waals surface area contributed by atoms with Crippen LogP contribution >= 0.6 is 0 Å². The van der Waals surface area contributed by atoms with Gasteiger partial charge in [-0.1, -0.05) is 33.6 Å². The maximum absolute atomic E-state index is 14.7. The quantitative estimate of drug-likeness (QED) is 0.125. The van der Waals surface area contributed by atoms with Crippen LogP contribution in [0.2, 0.25) is 0 Å². The molecule has 49 heavy (non-hydrogen) atoms. The first kappa shape index (κ1) is 36.5. The number of esters is 3. The maximum Gasteiger partial charge on any atom is 0.519 e. The first-order valence-corrected chi connectivity index (χ1v) is 15.1. The van der Waals surface area contributed by atoms with E-state index in [4.69, 9.17) is 38.9 Å². The van der Waals surface area contributed by atoms with E-state index in [0.717, 1.165) is 0 Å². The Morgan fingerprint density at radius 2 is 1.84 bits per heavy atom.